The number of hydrogen-bond donors (Lipinski definition) is 2. The van der Waals surface area contributed by atoms with Gasteiger partial charge in [0, 0.05) is 21.5 Å². The van der Waals surface area contributed by atoms with Crippen LogP contribution in [0.25, 0.3) is 0 Å². The molecule has 0 saturated heterocycles. The van der Waals surface area contributed by atoms with Crippen molar-refractivity contribution in [2.75, 3.05) is 12.4 Å². The topological polar surface area (TPSA) is 69.6 Å². The third-order valence-corrected chi connectivity index (χ3v) is 4.68. The molecular formula is C14H18Br2N2O3. The van der Waals surface area contributed by atoms with Crippen LogP contribution in [0.15, 0.2) is 21.1 Å². The molecular weight excluding hydrogens is 404 g/mol. The molecule has 0 aliphatic rings. The first kappa shape index (κ1) is 18.0. The molecule has 0 heterocycles. The minimum atomic E-state index is -1.11. The quantitative estimate of drug-likeness (QED) is 0.748. The lowest BCUT2D eigenvalue weighted by Gasteiger charge is -2.35. The second-order valence-corrected chi connectivity index (χ2v) is 7.04. The highest BCUT2D eigenvalue weighted by Gasteiger charge is 2.27. The van der Waals surface area contributed by atoms with Crippen molar-refractivity contribution in [1.82, 2.24) is 4.90 Å². The second kappa shape index (κ2) is 6.79. The fraction of sp³-hybridized carbons (Fsp3) is 0.429. The van der Waals surface area contributed by atoms with Crippen LogP contribution in [0.1, 0.15) is 37.6 Å². The van der Waals surface area contributed by atoms with E-state index >= 15 is 0 Å². The summed E-state index contributed by atoms with van der Waals surface area (Å²) in [5.74, 6) is -1.11. The van der Waals surface area contributed by atoms with Crippen molar-refractivity contribution in [1.29, 1.82) is 0 Å². The highest BCUT2D eigenvalue weighted by atomic mass is 79.9. The van der Waals surface area contributed by atoms with Crippen molar-refractivity contribution in [3.05, 3.63) is 26.6 Å². The molecule has 0 atom stereocenters. The van der Waals surface area contributed by atoms with Crippen molar-refractivity contribution in [2.45, 2.75) is 32.7 Å². The molecule has 5 nitrogen and oxygen atoms in total. The number of benzene rings is 1. The summed E-state index contributed by atoms with van der Waals surface area (Å²) in [5.41, 5.74) is -0.0586. The number of carbonyl (C=O) groups is 2. The first-order valence-electron chi connectivity index (χ1n) is 6.37. The van der Waals surface area contributed by atoms with Gasteiger partial charge in [-0.2, -0.15) is 0 Å². The average Bonchev–Trinajstić information content (AvgIpc) is 2.40. The Morgan fingerprint density at radius 3 is 2.38 bits per heavy atom. The van der Waals surface area contributed by atoms with Crippen LogP contribution in [0, 0.1) is 0 Å². The van der Waals surface area contributed by atoms with Gasteiger partial charge in [-0.25, -0.2) is 9.59 Å². The maximum atomic E-state index is 12.3. The first-order valence-corrected chi connectivity index (χ1v) is 7.96. The number of carboxylic acid groups (broad SMARTS) is 1. The van der Waals surface area contributed by atoms with E-state index in [4.69, 9.17) is 0 Å². The summed E-state index contributed by atoms with van der Waals surface area (Å²) in [6.45, 7) is 5.88. The minimum absolute atomic E-state index is 0.0207. The van der Waals surface area contributed by atoms with E-state index in [0.29, 0.717) is 8.95 Å². The molecule has 21 heavy (non-hydrogen) atoms. The van der Waals surface area contributed by atoms with E-state index in [9.17, 15) is 14.7 Å². The summed E-state index contributed by atoms with van der Waals surface area (Å²) in [6.07, 6.45) is 0.782. The van der Waals surface area contributed by atoms with E-state index in [1.807, 2.05) is 20.8 Å². The van der Waals surface area contributed by atoms with Gasteiger partial charge in [0.05, 0.1) is 11.3 Å². The zero-order chi connectivity index (χ0) is 16.4. The summed E-state index contributed by atoms with van der Waals surface area (Å²) in [6, 6.07) is 2.79. The van der Waals surface area contributed by atoms with Gasteiger partial charge in [0.15, 0.2) is 0 Å². The van der Waals surface area contributed by atoms with Crippen molar-refractivity contribution < 1.29 is 14.7 Å². The molecule has 1 aromatic carbocycles. The van der Waals surface area contributed by atoms with Gasteiger partial charge in [0.2, 0.25) is 0 Å². The van der Waals surface area contributed by atoms with E-state index < -0.39 is 5.97 Å². The number of carboxylic acids is 1. The zero-order valence-corrected chi connectivity index (χ0v) is 15.5. The number of halogens is 2. The molecule has 2 amide bonds. The molecule has 0 aromatic heterocycles. The van der Waals surface area contributed by atoms with Gasteiger partial charge < -0.3 is 15.3 Å². The minimum Gasteiger partial charge on any atom is -0.478 e. The summed E-state index contributed by atoms with van der Waals surface area (Å²) in [4.78, 5) is 25.2. The Morgan fingerprint density at radius 2 is 1.90 bits per heavy atom. The molecule has 7 heteroatoms. The number of nitrogens with zero attached hydrogens (tertiary/aromatic N) is 1. The standard InChI is InChI=1S/C14H18Br2N2O3/c1-5-14(2,3)18(4)13(21)17-11-9(12(19)20)6-8(15)7-10(11)16/h6-7H,5H2,1-4H3,(H,17,21)(H,19,20). The van der Waals surface area contributed by atoms with Crippen LogP contribution in [-0.2, 0) is 0 Å². The van der Waals surface area contributed by atoms with Crippen LogP contribution in [0.5, 0.6) is 0 Å². The van der Waals surface area contributed by atoms with Crippen molar-refractivity contribution in [3.8, 4) is 0 Å². The molecule has 116 valence electrons. The number of urea groups is 1. The number of rotatable bonds is 4. The smallest absolute Gasteiger partial charge is 0.337 e. The van der Waals surface area contributed by atoms with Crippen molar-refractivity contribution in [3.63, 3.8) is 0 Å². The summed E-state index contributed by atoms with van der Waals surface area (Å²) in [5, 5.41) is 11.9. The van der Waals surface area contributed by atoms with Gasteiger partial charge in [-0.05, 0) is 48.3 Å². The average molecular weight is 422 g/mol. The van der Waals surface area contributed by atoms with Gasteiger partial charge in [0.1, 0.15) is 0 Å². The number of aromatic carboxylic acids is 1. The Balaban J connectivity index is 3.14. The highest BCUT2D eigenvalue weighted by Crippen LogP contribution is 2.31. The molecule has 1 aromatic rings. The number of anilines is 1. The Hall–Kier alpha value is -1.08. The molecule has 1 rings (SSSR count). The lowest BCUT2D eigenvalue weighted by molar-refractivity contribution is 0.0698. The Morgan fingerprint density at radius 1 is 1.33 bits per heavy atom. The maximum Gasteiger partial charge on any atom is 0.337 e. The molecule has 0 bridgehead atoms. The number of carbonyl (C=O) groups excluding carboxylic acids is 1. The van der Waals surface area contributed by atoms with E-state index in [0.717, 1.165) is 6.42 Å². The molecule has 0 aliphatic heterocycles. The number of amides is 2. The Kier molecular flexibility index (Phi) is 5.81. The molecule has 0 spiro atoms. The maximum absolute atomic E-state index is 12.3. The molecule has 0 unspecified atom stereocenters. The molecule has 0 fully saturated rings. The van der Waals surface area contributed by atoms with Crippen LogP contribution < -0.4 is 5.32 Å². The first-order chi connectivity index (χ1) is 9.60. The van der Waals surface area contributed by atoms with Gasteiger partial charge in [-0.1, -0.05) is 22.9 Å². The van der Waals surface area contributed by atoms with Crippen LogP contribution in [0.3, 0.4) is 0 Å². The fourth-order valence-corrected chi connectivity index (χ4v) is 2.90. The Bertz CT molecular complexity index is 574. The molecule has 0 radical (unpaired) electrons. The van der Waals surface area contributed by atoms with Gasteiger partial charge >= 0.3 is 12.0 Å². The number of nitrogens with one attached hydrogen (secondary N) is 1. The fourth-order valence-electron chi connectivity index (χ4n) is 1.57. The molecule has 2 N–H and O–H groups in total. The Labute approximate surface area is 141 Å². The highest BCUT2D eigenvalue weighted by molar-refractivity contribution is 9.11. The van der Waals surface area contributed by atoms with Crippen molar-refractivity contribution >= 4 is 49.5 Å². The van der Waals surface area contributed by atoms with Gasteiger partial charge in [-0.15, -0.1) is 0 Å². The van der Waals surface area contributed by atoms with Crippen molar-refractivity contribution in [2.24, 2.45) is 0 Å². The lowest BCUT2D eigenvalue weighted by atomic mass is 10.0. The lowest BCUT2D eigenvalue weighted by Crippen LogP contribution is -2.46. The SMILES string of the molecule is CCC(C)(C)N(C)C(=O)Nc1c(Br)cc(Br)cc1C(=O)O. The predicted octanol–water partition coefficient (Wildman–Crippen LogP) is 4.56. The normalized spacial score (nSPS) is 11.1. The number of hydrogen-bond acceptors (Lipinski definition) is 2. The monoisotopic (exact) mass is 420 g/mol. The van der Waals surface area contributed by atoms with E-state index in [-0.39, 0.29) is 22.8 Å². The third-order valence-electron chi connectivity index (χ3n) is 3.60. The molecule has 0 saturated carbocycles. The second-order valence-electron chi connectivity index (χ2n) is 5.27. The van der Waals surface area contributed by atoms with Crippen LogP contribution in [0.2, 0.25) is 0 Å². The summed E-state index contributed by atoms with van der Waals surface area (Å²) >= 11 is 6.52. The van der Waals surface area contributed by atoms with Crippen LogP contribution in [0.4, 0.5) is 10.5 Å². The van der Waals surface area contributed by atoms with Gasteiger partial charge in [-0.3, -0.25) is 0 Å². The largest absolute Gasteiger partial charge is 0.478 e. The van der Waals surface area contributed by atoms with Gasteiger partial charge in [0.25, 0.3) is 0 Å². The third kappa shape index (κ3) is 4.20. The van der Waals surface area contributed by atoms with E-state index in [1.165, 1.54) is 6.07 Å². The van der Waals surface area contributed by atoms with E-state index in [1.54, 1.807) is 18.0 Å². The van der Waals surface area contributed by atoms with Crippen LogP contribution >= 0.6 is 31.9 Å². The summed E-state index contributed by atoms with van der Waals surface area (Å²) in [7, 11) is 1.69. The summed E-state index contributed by atoms with van der Waals surface area (Å²) < 4.78 is 1.12. The predicted molar refractivity (Wildman–Crippen MR) is 90.0 cm³/mol. The van der Waals surface area contributed by atoms with E-state index in [2.05, 4.69) is 37.2 Å². The van der Waals surface area contributed by atoms with Crippen LogP contribution in [-0.4, -0.2) is 34.6 Å². The zero-order valence-electron chi connectivity index (χ0n) is 12.3. The molecule has 0 aliphatic carbocycles.